The van der Waals surface area contributed by atoms with Gasteiger partial charge in [0.2, 0.25) is 0 Å². The molecule has 0 aliphatic carbocycles. The Morgan fingerprint density at radius 1 is 1.19 bits per heavy atom. The van der Waals surface area contributed by atoms with E-state index in [9.17, 15) is 0 Å². The maximum Gasteiger partial charge on any atom is 0.122 e. The molecule has 1 aromatic carbocycles. The van der Waals surface area contributed by atoms with Gasteiger partial charge in [0.1, 0.15) is 5.75 Å². The monoisotopic (exact) mass is 304 g/mol. The summed E-state index contributed by atoms with van der Waals surface area (Å²) < 4.78 is 5.43. The second-order valence-corrected chi connectivity index (χ2v) is 6.61. The quantitative estimate of drug-likeness (QED) is 0.853. The lowest BCUT2D eigenvalue weighted by atomic mass is 10.1. The first-order chi connectivity index (χ1) is 10.1. The van der Waals surface area contributed by atoms with Crippen molar-refractivity contribution in [2.24, 2.45) is 5.73 Å². The first-order valence-corrected chi connectivity index (χ1v) is 8.05. The standard InChI is InChI=1S/C17H24N2OS/c1-13(10-14-6-4-5-7-17(14)20-3)19(2)12-16-9-8-15(11-18)21-16/h4-9,13H,10-12,18H2,1-3H3. The van der Waals surface area contributed by atoms with Crippen LogP contribution < -0.4 is 10.5 Å². The van der Waals surface area contributed by atoms with Gasteiger partial charge < -0.3 is 10.5 Å². The number of methoxy groups -OCH3 is 1. The number of benzene rings is 1. The number of thiophene rings is 1. The van der Waals surface area contributed by atoms with E-state index in [2.05, 4.69) is 43.1 Å². The zero-order chi connectivity index (χ0) is 15.2. The van der Waals surface area contributed by atoms with Crippen LogP contribution in [-0.4, -0.2) is 25.1 Å². The largest absolute Gasteiger partial charge is 0.496 e. The van der Waals surface area contributed by atoms with Crippen molar-refractivity contribution >= 4 is 11.3 Å². The third-order valence-corrected chi connectivity index (χ3v) is 4.88. The predicted octanol–water partition coefficient (Wildman–Crippen LogP) is 3.28. The number of hydrogen-bond donors (Lipinski definition) is 1. The van der Waals surface area contributed by atoms with Crippen LogP contribution in [0.15, 0.2) is 36.4 Å². The molecule has 0 fully saturated rings. The SMILES string of the molecule is COc1ccccc1CC(C)N(C)Cc1ccc(CN)s1. The van der Waals surface area contributed by atoms with Crippen LogP contribution in [0.2, 0.25) is 0 Å². The maximum absolute atomic E-state index is 5.67. The van der Waals surface area contributed by atoms with Gasteiger partial charge in [-0.3, -0.25) is 4.90 Å². The molecule has 0 amide bonds. The van der Waals surface area contributed by atoms with E-state index in [0.29, 0.717) is 12.6 Å². The van der Waals surface area contributed by atoms with E-state index in [4.69, 9.17) is 10.5 Å². The van der Waals surface area contributed by atoms with Crippen LogP contribution in [0.1, 0.15) is 22.2 Å². The summed E-state index contributed by atoms with van der Waals surface area (Å²) >= 11 is 1.80. The number of likely N-dealkylation sites (N-methyl/N-ethyl adjacent to an activating group) is 1. The highest BCUT2D eigenvalue weighted by atomic mass is 32.1. The van der Waals surface area contributed by atoms with E-state index < -0.39 is 0 Å². The number of ether oxygens (including phenoxy) is 1. The molecule has 1 unspecified atom stereocenters. The topological polar surface area (TPSA) is 38.5 Å². The maximum atomic E-state index is 5.67. The lowest BCUT2D eigenvalue weighted by Crippen LogP contribution is -2.30. The average Bonchev–Trinajstić information content (AvgIpc) is 2.95. The van der Waals surface area contributed by atoms with Gasteiger partial charge >= 0.3 is 0 Å². The molecule has 0 aliphatic rings. The molecule has 1 atom stereocenters. The second kappa shape index (κ2) is 7.59. The van der Waals surface area contributed by atoms with Gasteiger partial charge in [-0.1, -0.05) is 18.2 Å². The smallest absolute Gasteiger partial charge is 0.122 e. The average molecular weight is 304 g/mol. The normalized spacial score (nSPS) is 12.6. The van der Waals surface area contributed by atoms with Gasteiger partial charge in [0.15, 0.2) is 0 Å². The van der Waals surface area contributed by atoms with E-state index in [-0.39, 0.29) is 0 Å². The fraction of sp³-hybridized carbons (Fsp3) is 0.412. The molecule has 1 heterocycles. The Morgan fingerprint density at radius 2 is 1.90 bits per heavy atom. The number of rotatable bonds is 7. The molecule has 21 heavy (non-hydrogen) atoms. The van der Waals surface area contributed by atoms with Crippen molar-refractivity contribution in [2.45, 2.75) is 32.5 Å². The third-order valence-electron chi connectivity index (χ3n) is 3.78. The Balaban J connectivity index is 1.97. The summed E-state index contributed by atoms with van der Waals surface area (Å²) in [4.78, 5) is 4.99. The summed E-state index contributed by atoms with van der Waals surface area (Å²) in [6.45, 7) is 3.84. The highest BCUT2D eigenvalue weighted by molar-refractivity contribution is 7.11. The van der Waals surface area contributed by atoms with Gasteiger partial charge in [-0.05, 0) is 44.2 Å². The highest BCUT2D eigenvalue weighted by Crippen LogP contribution is 2.22. The summed E-state index contributed by atoms with van der Waals surface area (Å²) in [5.41, 5.74) is 6.93. The van der Waals surface area contributed by atoms with Crippen LogP contribution in [-0.2, 0) is 19.5 Å². The highest BCUT2D eigenvalue weighted by Gasteiger charge is 2.13. The van der Waals surface area contributed by atoms with Crippen molar-refractivity contribution in [3.05, 3.63) is 51.7 Å². The van der Waals surface area contributed by atoms with E-state index in [1.807, 2.05) is 12.1 Å². The molecule has 2 aromatic rings. The van der Waals surface area contributed by atoms with E-state index in [1.54, 1.807) is 18.4 Å². The Kier molecular flexibility index (Phi) is 5.79. The van der Waals surface area contributed by atoms with Crippen molar-refractivity contribution in [1.82, 2.24) is 4.90 Å². The summed E-state index contributed by atoms with van der Waals surface area (Å²) in [7, 11) is 3.90. The molecule has 0 bridgehead atoms. The van der Waals surface area contributed by atoms with Crippen LogP contribution in [0, 0.1) is 0 Å². The molecule has 0 saturated heterocycles. The van der Waals surface area contributed by atoms with Gasteiger partial charge in [-0.2, -0.15) is 0 Å². The molecular formula is C17H24N2OS. The number of nitrogens with two attached hydrogens (primary N) is 1. The van der Waals surface area contributed by atoms with Crippen LogP contribution in [0.5, 0.6) is 5.75 Å². The van der Waals surface area contributed by atoms with Crippen LogP contribution in [0.25, 0.3) is 0 Å². The van der Waals surface area contributed by atoms with Crippen LogP contribution in [0.4, 0.5) is 0 Å². The van der Waals surface area contributed by atoms with Gasteiger partial charge in [0, 0.05) is 28.9 Å². The predicted molar refractivity (Wildman–Crippen MR) is 89.8 cm³/mol. The molecule has 0 saturated carbocycles. The molecule has 1 aromatic heterocycles. The van der Waals surface area contributed by atoms with E-state index in [0.717, 1.165) is 18.7 Å². The minimum Gasteiger partial charge on any atom is -0.496 e. The first-order valence-electron chi connectivity index (χ1n) is 7.23. The lowest BCUT2D eigenvalue weighted by molar-refractivity contribution is 0.248. The van der Waals surface area contributed by atoms with Gasteiger partial charge in [0.25, 0.3) is 0 Å². The number of hydrogen-bond acceptors (Lipinski definition) is 4. The number of nitrogens with zero attached hydrogens (tertiary/aromatic N) is 1. The lowest BCUT2D eigenvalue weighted by Gasteiger charge is -2.24. The Morgan fingerprint density at radius 3 is 2.57 bits per heavy atom. The van der Waals surface area contributed by atoms with Crippen LogP contribution in [0.3, 0.4) is 0 Å². The number of para-hydroxylation sites is 1. The van der Waals surface area contributed by atoms with E-state index in [1.165, 1.54) is 15.3 Å². The van der Waals surface area contributed by atoms with Gasteiger partial charge in [-0.15, -0.1) is 11.3 Å². The fourth-order valence-electron chi connectivity index (χ4n) is 2.36. The molecule has 2 rings (SSSR count). The van der Waals surface area contributed by atoms with Crippen LogP contribution >= 0.6 is 11.3 Å². The molecule has 3 nitrogen and oxygen atoms in total. The molecule has 2 N–H and O–H groups in total. The molecule has 0 aliphatic heterocycles. The summed E-state index contributed by atoms with van der Waals surface area (Å²) in [5.74, 6) is 0.972. The summed E-state index contributed by atoms with van der Waals surface area (Å²) in [6.07, 6.45) is 0.982. The molecular weight excluding hydrogens is 280 g/mol. The zero-order valence-electron chi connectivity index (χ0n) is 13.0. The van der Waals surface area contributed by atoms with E-state index >= 15 is 0 Å². The third kappa shape index (κ3) is 4.30. The molecule has 4 heteroatoms. The Labute approximate surface area is 131 Å². The van der Waals surface area contributed by atoms with Crippen molar-refractivity contribution in [2.75, 3.05) is 14.2 Å². The Hall–Kier alpha value is -1.36. The Bertz CT molecular complexity index is 567. The minimum atomic E-state index is 0.449. The van der Waals surface area contributed by atoms with Gasteiger partial charge in [0.05, 0.1) is 7.11 Å². The molecule has 114 valence electrons. The van der Waals surface area contributed by atoms with Crippen molar-refractivity contribution < 1.29 is 4.74 Å². The van der Waals surface area contributed by atoms with Crippen molar-refractivity contribution in [1.29, 1.82) is 0 Å². The fourth-order valence-corrected chi connectivity index (χ4v) is 3.32. The minimum absolute atomic E-state index is 0.449. The zero-order valence-corrected chi connectivity index (χ0v) is 13.8. The van der Waals surface area contributed by atoms with Crippen molar-refractivity contribution in [3.63, 3.8) is 0 Å². The van der Waals surface area contributed by atoms with Crippen molar-refractivity contribution in [3.8, 4) is 5.75 Å². The summed E-state index contributed by atoms with van der Waals surface area (Å²) in [6, 6.07) is 13.0. The summed E-state index contributed by atoms with van der Waals surface area (Å²) in [5, 5.41) is 0. The first kappa shape index (κ1) is 16.0. The second-order valence-electron chi connectivity index (χ2n) is 5.35. The van der Waals surface area contributed by atoms with Gasteiger partial charge in [-0.25, -0.2) is 0 Å². The molecule has 0 radical (unpaired) electrons. The molecule has 0 spiro atoms.